The third-order valence-electron chi connectivity index (χ3n) is 1.76. The standard InChI is InChI=1S/C8H6N2O5S2/c11-8(12)5-3-7(16-4-5)17(13,14)10-6-1-2-15-9-6/h1-4H,(H,9,10)(H,11,12). The molecule has 0 fully saturated rings. The normalized spacial score (nSPS) is 11.3. The smallest absolute Gasteiger partial charge is 0.336 e. The van der Waals surface area contributed by atoms with Gasteiger partial charge in [-0.3, -0.25) is 4.72 Å². The van der Waals surface area contributed by atoms with Crippen LogP contribution in [0.15, 0.2) is 32.5 Å². The van der Waals surface area contributed by atoms with Gasteiger partial charge in [0.25, 0.3) is 10.0 Å². The first-order valence-electron chi connectivity index (χ1n) is 4.24. The Morgan fingerprint density at radius 3 is 2.82 bits per heavy atom. The Balaban J connectivity index is 2.28. The number of carboxylic acids is 1. The zero-order chi connectivity index (χ0) is 12.5. The van der Waals surface area contributed by atoms with Crippen LogP contribution < -0.4 is 4.72 Å². The summed E-state index contributed by atoms with van der Waals surface area (Å²) in [6, 6.07) is 2.42. The molecule has 0 aliphatic carbocycles. The van der Waals surface area contributed by atoms with Crippen LogP contribution in [-0.2, 0) is 10.0 Å². The molecule has 2 N–H and O–H groups in total. The van der Waals surface area contributed by atoms with Crippen molar-refractivity contribution in [2.24, 2.45) is 0 Å². The Morgan fingerprint density at radius 1 is 1.53 bits per heavy atom. The zero-order valence-electron chi connectivity index (χ0n) is 8.15. The number of anilines is 1. The molecule has 0 aliphatic heterocycles. The minimum atomic E-state index is -3.81. The second-order valence-corrected chi connectivity index (χ2v) is 5.77. The first-order valence-corrected chi connectivity index (χ1v) is 6.60. The minimum Gasteiger partial charge on any atom is -0.478 e. The second-order valence-electron chi connectivity index (χ2n) is 2.95. The molecule has 90 valence electrons. The Morgan fingerprint density at radius 2 is 2.29 bits per heavy atom. The van der Waals surface area contributed by atoms with Crippen molar-refractivity contribution in [3.63, 3.8) is 0 Å². The number of sulfonamides is 1. The maximum Gasteiger partial charge on any atom is 0.336 e. The van der Waals surface area contributed by atoms with Gasteiger partial charge in [0.1, 0.15) is 10.5 Å². The number of nitrogens with one attached hydrogen (secondary N) is 1. The van der Waals surface area contributed by atoms with Crippen LogP contribution in [0.25, 0.3) is 0 Å². The van der Waals surface area contributed by atoms with E-state index in [0.29, 0.717) is 0 Å². The summed E-state index contributed by atoms with van der Waals surface area (Å²) in [6.45, 7) is 0. The van der Waals surface area contributed by atoms with Crippen LogP contribution in [0.3, 0.4) is 0 Å². The SMILES string of the molecule is O=C(O)c1csc(S(=O)(=O)Nc2ccon2)c1. The summed E-state index contributed by atoms with van der Waals surface area (Å²) in [7, 11) is -3.81. The van der Waals surface area contributed by atoms with Crippen molar-refractivity contribution in [2.75, 3.05) is 4.72 Å². The molecule has 0 unspecified atom stereocenters. The van der Waals surface area contributed by atoms with Crippen LogP contribution in [0.1, 0.15) is 10.4 Å². The summed E-state index contributed by atoms with van der Waals surface area (Å²) in [5.74, 6) is -1.14. The summed E-state index contributed by atoms with van der Waals surface area (Å²) in [4.78, 5) is 10.6. The lowest BCUT2D eigenvalue weighted by molar-refractivity contribution is 0.0697. The molecule has 7 nitrogen and oxygen atoms in total. The maximum atomic E-state index is 11.8. The van der Waals surface area contributed by atoms with E-state index < -0.39 is 16.0 Å². The molecular weight excluding hydrogens is 268 g/mol. The minimum absolute atomic E-state index is 0.0373. The van der Waals surface area contributed by atoms with E-state index in [1.54, 1.807) is 0 Å². The van der Waals surface area contributed by atoms with Gasteiger partial charge in [-0.15, -0.1) is 11.3 Å². The number of carboxylic acid groups (broad SMARTS) is 1. The quantitative estimate of drug-likeness (QED) is 0.867. The molecule has 0 radical (unpaired) electrons. The number of carbonyl (C=O) groups is 1. The predicted octanol–water partition coefficient (Wildman–Crippen LogP) is 1.24. The van der Waals surface area contributed by atoms with Crippen LogP contribution in [0, 0.1) is 0 Å². The van der Waals surface area contributed by atoms with Gasteiger partial charge in [-0.1, -0.05) is 5.16 Å². The first-order chi connectivity index (χ1) is 7.99. The van der Waals surface area contributed by atoms with Crippen molar-refractivity contribution >= 4 is 33.1 Å². The van der Waals surface area contributed by atoms with Gasteiger partial charge in [-0.2, -0.15) is 0 Å². The van der Waals surface area contributed by atoms with E-state index in [1.807, 2.05) is 0 Å². The van der Waals surface area contributed by atoms with Gasteiger partial charge in [0.05, 0.1) is 5.56 Å². The van der Waals surface area contributed by atoms with Gasteiger partial charge in [-0.05, 0) is 6.07 Å². The maximum absolute atomic E-state index is 11.8. The lowest BCUT2D eigenvalue weighted by Crippen LogP contribution is -2.11. The second kappa shape index (κ2) is 4.18. The topological polar surface area (TPSA) is 110 Å². The molecule has 0 spiro atoms. The van der Waals surface area contributed by atoms with E-state index in [2.05, 4.69) is 14.4 Å². The van der Waals surface area contributed by atoms with Gasteiger partial charge in [-0.25, -0.2) is 13.2 Å². The zero-order valence-corrected chi connectivity index (χ0v) is 9.79. The van der Waals surface area contributed by atoms with Crippen molar-refractivity contribution in [1.29, 1.82) is 0 Å². The first kappa shape index (κ1) is 11.6. The van der Waals surface area contributed by atoms with E-state index >= 15 is 0 Å². The third-order valence-corrected chi connectivity index (χ3v) is 4.56. The lowest BCUT2D eigenvalue weighted by atomic mass is 10.4. The summed E-state index contributed by atoms with van der Waals surface area (Å²) >= 11 is 0.817. The van der Waals surface area contributed by atoms with Gasteiger partial charge >= 0.3 is 5.97 Å². The molecule has 0 saturated heterocycles. The van der Waals surface area contributed by atoms with E-state index in [-0.39, 0.29) is 15.6 Å². The number of rotatable bonds is 4. The van der Waals surface area contributed by atoms with Gasteiger partial charge in [0, 0.05) is 11.4 Å². The van der Waals surface area contributed by atoms with Crippen molar-refractivity contribution in [3.05, 3.63) is 29.3 Å². The molecule has 0 saturated carbocycles. The van der Waals surface area contributed by atoms with Crippen molar-refractivity contribution in [1.82, 2.24) is 5.16 Å². The fourth-order valence-electron chi connectivity index (χ4n) is 1.02. The Bertz CT molecular complexity index is 629. The molecule has 2 aromatic rings. The molecule has 2 heterocycles. The highest BCUT2D eigenvalue weighted by Gasteiger charge is 2.19. The number of thiophene rings is 1. The van der Waals surface area contributed by atoms with Crippen LogP contribution >= 0.6 is 11.3 Å². The predicted molar refractivity (Wildman–Crippen MR) is 58.6 cm³/mol. The molecule has 0 aromatic carbocycles. The highest BCUT2D eigenvalue weighted by atomic mass is 32.2. The number of nitrogens with zero attached hydrogens (tertiary/aromatic N) is 1. The van der Waals surface area contributed by atoms with Crippen molar-refractivity contribution in [2.45, 2.75) is 4.21 Å². The lowest BCUT2D eigenvalue weighted by Gasteiger charge is -2.00. The largest absolute Gasteiger partial charge is 0.478 e. The Kier molecular flexibility index (Phi) is 2.86. The van der Waals surface area contributed by atoms with Crippen LogP contribution in [-0.4, -0.2) is 24.7 Å². The fraction of sp³-hybridized carbons (Fsp3) is 0. The van der Waals surface area contributed by atoms with Crippen LogP contribution in [0.5, 0.6) is 0 Å². The number of hydrogen-bond acceptors (Lipinski definition) is 6. The highest BCUT2D eigenvalue weighted by molar-refractivity contribution is 7.94. The van der Waals surface area contributed by atoms with Crippen molar-refractivity contribution in [3.8, 4) is 0 Å². The average molecular weight is 274 g/mol. The van der Waals surface area contributed by atoms with Crippen LogP contribution in [0.4, 0.5) is 5.82 Å². The number of aromatic nitrogens is 1. The number of hydrogen-bond donors (Lipinski definition) is 2. The van der Waals surface area contributed by atoms with E-state index in [4.69, 9.17) is 5.11 Å². The molecule has 0 bridgehead atoms. The average Bonchev–Trinajstić information content (AvgIpc) is 2.84. The third kappa shape index (κ3) is 2.45. The molecule has 0 atom stereocenters. The van der Waals surface area contributed by atoms with Gasteiger partial charge in [0.2, 0.25) is 0 Å². The summed E-state index contributed by atoms with van der Waals surface area (Å²) in [6.07, 6.45) is 1.22. The van der Waals surface area contributed by atoms with Gasteiger partial charge < -0.3 is 9.63 Å². The summed E-state index contributed by atoms with van der Waals surface area (Å²) < 4.78 is 30.0. The van der Waals surface area contributed by atoms with E-state index in [0.717, 1.165) is 17.4 Å². The summed E-state index contributed by atoms with van der Waals surface area (Å²) in [5, 5.41) is 13.3. The molecule has 0 aliphatic rings. The summed E-state index contributed by atoms with van der Waals surface area (Å²) in [5.41, 5.74) is -0.0736. The Labute approximate surface area is 99.7 Å². The van der Waals surface area contributed by atoms with Crippen molar-refractivity contribution < 1.29 is 22.8 Å². The Hall–Kier alpha value is -1.87. The van der Waals surface area contributed by atoms with E-state index in [1.165, 1.54) is 17.7 Å². The molecule has 2 rings (SSSR count). The van der Waals surface area contributed by atoms with Crippen LogP contribution in [0.2, 0.25) is 0 Å². The highest BCUT2D eigenvalue weighted by Crippen LogP contribution is 2.22. The molecule has 9 heteroatoms. The van der Waals surface area contributed by atoms with E-state index in [9.17, 15) is 13.2 Å². The van der Waals surface area contributed by atoms with Gasteiger partial charge in [0.15, 0.2) is 5.82 Å². The fourth-order valence-corrected chi connectivity index (χ4v) is 3.17. The monoisotopic (exact) mass is 274 g/mol. The molecule has 0 amide bonds. The number of aromatic carboxylic acids is 1. The molecule has 2 aromatic heterocycles. The molecule has 17 heavy (non-hydrogen) atoms. The molecular formula is C8H6N2O5S2.